The smallest absolute Gasteiger partial charge is 0.0705 e. The standard InChI is InChI=1S/C24H18BrN.B86/c1-17-15-24(26-16-22(17)18-7-3-2-4-8-18)20-13-11-19(12-14-20)21-9-5-6-10-23(21)25;1-45(2)67(46(3)4)78(68(47(5)6)48(7)8)83(77(65(41)42)66(43)44)86(84(79(69(49(9)10)50(11)12)70(51(13)14)52(15)16)80(71(53(17)18)54(19)20)72(55(21)22)56(23)24)85(81(73(57(25)26)58(27)28)74(59(29)30)60(31)32)82(75(61(33)34)62(35)36)76(63(37)38)64(39)40/h2-16H,1H3;/i2D,3D,4D,7D,8D;. The highest BCUT2D eigenvalue weighted by Gasteiger charge is 2.67. The highest BCUT2D eigenvalue weighted by atomic mass is 79.9. The second kappa shape index (κ2) is 50.9. The molecule has 384 valence electrons. The summed E-state index contributed by atoms with van der Waals surface area (Å²) in [6, 6.07) is 16.5. The number of aromatic nitrogens is 1. The summed E-state index contributed by atoms with van der Waals surface area (Å²) in [5.74, 6) is 0. The molecule has 88 radical (unpaired) electrons. The molecular weight excluding hydrogens is 1310 g/mol. The van der Waals surface area contributed by atoms with Crippen LogP contribution < -0.4 is 0 Å². The third-order valence-corrected chi connectivity index (χ3v) is 23.2. The van der Waals surface area contributed by atoms with Gasteiger partial charge in [-0.1, -0.05) is 88.6 Å². The van der Waals surface area contributed by atoms with Gasteiger partial charge in [0, 0.05) is 630 Å². The van der Waals surface area contributed by atoms with E-state index in [0.717, 1.165) is 32.4 Å². The summed E-state index contributed by atoms with van der Waals surface area (Å²) < 4.78 is 41.0. The van der Waals surface area contributed by atoms with Crippen LogP contribution in [-0.4, -0.2) is 614 Å². The molecule has 0 aliphatic rings. The molecule has 0 amide bonds. The van der Waals surface area contributed by atoms with Gasteiger partial charge in [0.15, 0.2) is 0 Å². The van der Waals surface area contributed by atoms with Crippen molar-refractivity contribution < 1.29 is 6.85 Å². The Hall–Kier alpha value is 2.87. The summed E-state index contributed by atoms with van der Waals surface area (Å²) >= 11 is 3.58. The van der Waals surface area contributed by atoms with E-state index in [9.17, 15) is 0 Å². The Labute approximate surface area is 770 Å². The fourth-order valence-electron chi connectivity index (χ4n) is 18.3. The number of hydrogen-bond acceptors (Lipinski definition) is 1. The number of rotatable bonds is 44. The van der Waals surface area contributed by atoms with E-state index in [-0.39, 0.29) is 29.7 Å². The first-order valence-corrected chi connectivity index (χ1v) is 37.3. The second-order valence-corrected chi connectivity index (χ2v) is 31.0. The summed E-state index contributed by atoms with van der Waals surface area (Å²) in [5.41, 5.74) is 5.38. The van der Waals surface area contributed by atoms with E-state index in [1.807, 2.05) is 55.5 Å². The second-order valence-electron chi connectivity index (χ2n) is 30.2. The topological polar surface area (TPSA) is 12.9 Å². The van der Waals surface area contributed by atoms with Crippen molar-refractivity contribution in [2.45, 2.75) is 6.92 Å². The van der Waals surface area contributed by atoms with E-state index >= 15 is 0 Å². The van der Waals surface area contributed by atoms with Gasteiger partial charge in [-0.05, 0) is 41.3 Å². The summed E-state index contributed by atoms with van der Waals surface area (Å²) in [6.07, 6.45) is -72.0. The number of hydrogen-bond donors (Lipinski definition) is 0. The molecule has 1 heterocycles. The molecule has 0 aliphatic heterocycles. The van der Waals surface area contributed by atoms with Crippen LogP contribution >= 0.6 is 15.9 Å². The third kappa shape index (κ3) is 29.0. The van der Waals surface area contributed by atoms with Crippen LogP contribution in [0.4, 0.5) is 0 Å². The van der Waals surface area contributed by atoms with Gasteiger partial charge in [0.05, 0.1) is 12.5 Å². The lowest BCUT2D eigenvalue weighted by Gasteiger charge is -2.62. The SMILES string of the molecule is [2H]c1c([2H])c([2H])c(-c2cnc(-c3ccc(-c4ccccc4Br)cc3)cc2C)c([2H])c1[2H].[B]B([B])B(B([B])[B])B(B(B([B])[B])B([B])[B])B(B(B([B])[B])B([B])[B])B(B(B(B(B([B])[B])B([B])[B])B(B([B])[B])B([B])[B])B(B(B([B])[B])B([B])[B])B(B([B])[B])B([B])[B])B(B(B(B([B])[B])B([B])[B])B(B([B])[B])B([B])[B])B(B(B([B])[B])B([B])[B])B(B([B])[B])B([B])[B]. The molecule has 0 fully saturated rings. The highest BCUT2D eigenvalue weighted by Crippen LogP contribution is 2.33. The first kappa shape index (κ1) is 100. The number of pyridine rings is 1. The summed E-state index contributed by atoms with van der Waals surface area (Å²) in [7, 11) is 306. The van der Waals surface area contributed by atoms with Crippen molar-refractivity contribution in [1.29, 1.82) is 0 Å². The van der Waals surface area contributed by atoms with Gasteiger partial charge in [0.2, 0.25) is 0 Å². The van der Waals surface area contributed by atoms with E-state index in [1.54, 1.807) is 6.20 Å². The summed E-state index contributed by atoms with van der Waals surface area (Å²) in [6.45, 7) is 1.86. The highest BCUT2D eigenvalue weighted by molar-refractivity contribution is 9.10. The minimum Gasteiger partial charge on any atom is -0.256 e. The number of aryl methyl sites for hydroxylation is 1. The Bertz CT molecular complexity index is 3170. The van der Waals surface area contributed by atoms with Gasteiger partial charge < -0.3 is 0 Å². The lowest BCUT2D eigenvalue weighted by Crippen LogP contribution is -3.00. The molecule has 4 rings (SSSR count). The number of benzene rings is 3. The zero-order chi connectivity index (χ0) is 90.5. The first-order chi connectivity index (χ1) is 53.9. The molecule has 3 aromatic carbocycles. The molecule has 4 aromatic rings. The van der Waals surface area contributed by atoms with E-state index in [2.05, 4.69) is 27.0 Å². The molecule has 0 saturated heterocycles. The quantitative estimate of drug-likeness (QED) is 0.0402. The van der Waals surface area contributed by atoms with E-state index in [0.29, 0.717) is 5.56 Å². The zero-order valence-corrected chi connectivity index (χ0v) is 65.3. The average Bonchev–Trinajstić information content (AvgIpc) is 0.710. The van der Waals surface area contributed by atoms with Crippen molar-refractivity contribution in [3.8, 4) is 33.5 Å². The van der Waals surface area contributed by atoms with Gasteiger partial charge in [-0.15, -0.1) is 0 Å². The van der Waals surface area contributed by atoms with E-state index < -0.39 is 274 Å². The van der Waals surface area contributed by atoms with Crippen LogP contribution in [0.3, 0.4) is 0 Å². The van der Waals surface area contributed by atoms with Crippen LogP contribution in [0.1, 0.15) is 12.4 Å². The molecule has 0 spiro atoms. The molecule has 112 heavy (non-hydrogen) atoms. The van der Waals surface area contributed by atoms with Crippen LogP contribution in [0.15, 0.2) is 95.5 Å². The Morgan fingerprint density at radius 3 is 0.616 bits per heavy atom. The van der Waals surface area contributed by atoms with Crippen molar-refractivity contribution in [3.05, 3.63) is 101 Å². The maximum atomic E-state index is 8.21. The molecule has 1 nitrogen and oxygen atoms in total. The molecule has 88 heteroatoms. The first-order valence-electron chi connectivity index (χ1n) is 39.0. The maximum Gasteiger partial charge on any atom is 0.0705 e. The molecule has 1 aromatic heterocycles. The third-order valence-electron chi connectivity index (χ3n) is 22.5. The average molecular weight is 1340 g/mol. The summed E-state index contributed by atoms with van der Waals surface area (Å²) in [4.78, 5) is 4.52. The minimum atomic E-state index is -2.06. The molecule has 0 saturated carbocycles. The van der Waals surface area contributed by atoms with Crippen molar-refractivity contribution in [1.82, 2.24) is 4.98 Å². The molecule has 0 N–H and O–H groups in total. The predicted molar refractivity (Wildman–Crippen MR) is 608 cm³/mol. The van der Waals surface area contributed by atoms with Crippen LogP contribution in [0, 0.1) is 6.92 Å². The number of halogens is 1. The molecule has 0 atom stereocenters. The number of nitrogens with zero attached hydrogens (tertiary/aromatic N) is 1. The Kier molecular flexibility index (Phi) is 45.6. The minimum absolute atomic E-state index is 0.173. The molecule has 0 aliphatic carbocycles. The van der Waals surface area contributed by atoms with Crippen LogP contribution in [-0.2, 0) is 0 Å². The fraction of sp³-hybridized carbons (Fsp3) is 0.0417. The summed E-state index contributed by atoms with van der Waals surface area (Å²) in [5, 5.41) is 0. The van der Waals surface area contributed by atoms with Crippen molar-refractivity contribution in [3.63, 3.8) is 0 Å². The lowest BCUT2D eigenvalue weighted by molar-refractivity contribution is 1.29. The fourth-order valence-corrected chi connectivity index (χ4v) is 18.8. The van der Waals surface area contributed by atoms with Crippen molar-refractivity contribution in [2.75, 3.05) is 0 Å². The van der Waals surface area contributed by atoms with Crippen LogP contribution in [0.5, 0.6) is 0 Å². The lowest BCUT2D eigenvalue weighted by atomic mass is 8.19. The maximum absolute atomic E-state index is 8.21. The van der Waals surface area contributed by atoms with Gasteiger partial charge in [-0.3, -0.25) is 4.98 Å². The van der Waals surface area contributed by atoms with E-state index in [1.165, 1.54) is 0 Å². The zero-order valence-electron chi connectivity index (χ0n) is 68.8. The molecule has 0 bridgehead atoms. The largest absolute Gasteiger partial charge is 0.256 e. The monoisotopic (exact) mass is 1350 g/mol. The van der Waals surface area contributed by atoms with E-state index in [4.69, 9.17) is 347 Å². The Balaban J connectivity index is 0.000000933. The van der Waals surface area contributed by atoms with Gasteiger partial charge in [0.1, 0.15) is 0 Å². The van der Waals surface area contributed by atoms with Gasteiger partial charge >= 0.3 is 0 Å². The van der Waals surface area contributed by atoms with Gasteiger partial charge in [-0.25, -0.2) is 0 Å². The van der Waals surface area contributed by atoms with Crippen molar-refractivity contribution >= 4 is 625 Å². The Morgan fingerprint density at radius 1 is 0.232 bits per heavy atom. The molecular formula is C24H18B86BrN. The van der Waals surface area contributed by atoms with Gasteiger partial charge in [-0.2, -0.15) is 0 Å². The predicted octanol–water partition coefficient (Wildman–Crippen LogP) is -25.6. The van der Waals surface area contributed by atoms with Crippen molar-refractivity contribution in [2.24, 2.45) is 0 Å². The van der Waals surface area contributed by atoms with Gasteiger partial charge in [0.25, 0.3) is 0 Å². The van der Waals surface area contributed by atoms with Crippen LogP contribution in [0.25, 0.3) is 33.5 Å². The molecule has 0 unspecified atom stereocenters. The normalized spacial score (nSPS) is 10.6. The van der Waals surface area contributed by atoms with Crippen LogP contribution in [0.2, 0.25) is 0 Å². The Morgan fingerprint density at radius 2 is 0.420 bits per heavy atom.